The van der Waals surface area contributed by atoms with Gasteiger partial charge in [0, 0.05) is 25.7 Å². The molecule has 6 heteroatoms. The van der Waals surface area contributed by atoms with Crippen LogP contribution in [0.4, 0.5) is 9.59 Å². The molecule has 1 aromatic rings. The first kappa shape index (κ1) is 19.5. The molecule has 0 aliphatic carbocycles. The van der Waals surface area contributed by atoms with Gasteiger partial charge in [-0.25, -0.2) is 9.59 Å². The maximum Gasteiger partial charge on any atom is 0.410 e. The van der Waals surface area contributed by atoms with Crippen LogP contribution in [0.5, 0.6) is 0 Å². The molecule has 2 aliphatic rings. The molecule has 0 spiro atoms. The maximum atomic E-state index is 12.6. The summed E-state index contributed by atoms with van der Waals surface area (Å²) in [5.74, 6) is 0.282. The molecule has 2 heterocycles. The highest BCUT2D eigenvalue weighted by Gasteiger charge is 2.40. The highest BCUT2D eigenvalue weighted by Crippen LogP contribution is 2.31. The first-order valence-electron chi connectivity index (χ1n) is 9.79. The largest absolute Gasteiger partial charge is 0.445 e. The van der Waals surface area contributed by atoms with Gasteiger partial charge in [-0.05, 0) is 51.5 Å². The number of piperidine rings is 2. The molecule has 2 amide bonds. The number of carbonyl (C=O) groups excluding carboxylic acids is 2. The topological polar surface area (TPSA) is 59.1 Å². The Labute approximate surface area is 161 Å². The first-order valence-corrected chi connectivity index (χ1v) is 9.79. The van der Waals surface area contributed by atoms with Crippen molar-refractivity contribution in [1.82, 2.24) is 9.80 Å². The standard InChI is InChI=1S/C21H30N2O4/c1-21(2,3)27-19(24)22-13-11-18-17(14-22)10-7-12-23(18)20(25)26-15-16-8-5-4-6-9-16/h4-6,8-9,17-18H,7,10-15H2,1-3H3. The zero-order chi connectivity index (χ0) is 19.4. The summed E-state index contributed by atoms with van der Waals surface area (Å²) in [5.41, 5.74) is 0.493. The molecule has 3 rings (SSSR count). The zero-order valence-corrected chi connectivity index (χ0v) is 16.5. The number of rotatable bonds is 2. The van der Waals surface area contributed by atoms with Crippen molar-refractivity contribution in [3.8, 4) is 0 Å². The molecule has 2 unspecified atom stereocenters. The quantitative estimate of drug-likeness (QED) is 0.784. The fourth-order valence-corrected chi connectivity index (χ4v) is 3.92. The highest BCUT2D eigenvalue weighted by molar-refractivity contribution is 5.69. The van der Waals surface area contributed by atoms with Crippen molar-refractivity contribution < 1.29 is 19.1 Å². The van der Waals surface area contributed by atoms with Gasteiger partial charge in [0.2, 0.25) is 0 Å². The molecule has 0 N–H and O–H groups in total. The summed E-state index contributed by atoms with van der Waals surface area (Å²) in [7, 11) is 0. The van der Waals surface area contributed by atoms with E-state index in [0.717, 1.165) is 31.4 Å². The van der Waals surface area contributed by atoms with Crippen molar-refractivity contribution in [2.45, 2.75) is 58.3 Å². The molecule has 148 valence electrons. The van der Waals surface area contributed by atoms with E-state index in [2.05, 4.69) is 0 Å². The number of likely N-dealkylation sites (tertiary alicyclic amines) is 2. The summed E-state index contributed by atoms with van der Waals surface area (Å²) in [6.45, 7) is 7.90. The lowest BCUT2D eigenvalue weighted by Gasteiger charge is -2.46. The average Bonchev–Trinajstić information content (AvgIpc) is 2.64. The average molecular weight is 374 g/mol. The van der Waals surface area contributed by atoms with Crippen LogP contribution in [0.1, 0.15) is 45.6 Å². The van der Waals surface area contributed by atoms with Crippen LogP contribution in [0.15, 0.2) is 30.3 Å². The number of ether oxygens (including phenoxy) is 2. The number of hydrogen-bond donors (Lipinski definition) is 0. The van der Waals surface area contributed by atoms with Crippen LogP contribution >= 0.6 is 0 Å². The molecule has 1 aromatic carbocycles. The van der Waals surface area contributed by atoms with Crippen LogP contribution in [-0.4, -0.2) is 53.3 Å². The Hall–Kier alpha value is -2.24. The Balaban J connectivity index is 1.56. The van der Waals surface area contributed by atoms with Crippen molar-refractivity contribution in [3.63, 3.8) is 0 Å². The molecule has 0 radical (unpaired) electrons. The molecule has 27 heavy (non-hydrogen) atoms. The molecule has 2 fully saturated rings. The second-order valence-corrected chi connectivity index (χ2v) is 8.42. The minimum absolute atomic E-state index is 0.140. The molecule has 2 atom stereocenters. The van der Waals surface area contributed by atoms with Gasteiger partial charge in [-0.1, -0.05) is 30.3 Å². The van der Waals surface area contributed by atoms with Crippen LogP contribution in [0.2, 0.25) is 0 Å². The van der Waals surface area contributed by atoms with Crippen molar-refractivity contribution in [1.29, 1.82) is 0 Å². The van der Waals surface area contributed by atoms with E-state index in [1.54, 1.807) is 4.90 Å². The van der Waals surface area contributed by atoms with E-state index in [0.29, 0.717) is 13.1 Å². The molecule has 2 aliphatic heterocycles. The van der Waals surface area contributed by atoms with Gasteiger partial charge in [0.15, 0.2) is 0 Å². The number of nitrogens with zero attached hydrogens (tertiary/aromatic N) is 2. The molecule has 6 nitrogen and oxygen atoms in total. The molecule has 0 bridgehead atoms. The smallest absolute Gasteiger partial charge is 0.410 e. The molecular formula is C21H30N2O4. The second kappa shape index (κ2) is 8.19. The lowest BCUT2D eigenvalue weighted by molar-refractivity contribution is -0.0102. The summed E-state index contributed by atoms with van der Waals surface area (Å²) in [6, 6.07) is 9.86. The second-order valence-electron chi connectivity index (χ2n) is 8.42. The van der Waals surface area contributed by atoms with Gasteiger partial charge in [-0.15, -0.1) is 0 Å². The van der Waals surface area contributed by atoms with Crippen LogP contribution < -0.4 is 0 Å². The number of benzene rings is 1. The van der Waals surface area contributed by atoms with Crippen LogP contribution in [0.3, 0.4) is 0 Å². The Kier molecular flexibility index (Phi) is 5.92. The Bertz CT molecular complexity index is 656. The highest BCUT2D eigenvalue weighted by atomic mass is 16.6. The third kappa shape index (κ3) is 5.15. The van der Waals surface area contributed by atoms with E-state index < -0.39 is 5.60 Å². The molecule has 0 saturated carbocycles. The van der Waals surface area contributed by atoms with E-state index in [9.17, 15) is 9.59 Å². The van der Waals surface area contributed by atoms with Gasteiger partial charge in [0.1, 0.15) is 12.2 Å². The van der Waals surface area contributed by atoms with Crippen molar-refractivity contribution in [3.05, 3.63) is 35.9 Å². The maximum absolute atomic E-state index is 12.6. The number of carbonyl (C=O) groups is 2. The van der Waals surface area contributed by atoms with E-state index in [4.69, 9.17) is 9.47 Å². The van der Waals surface area contributed by atoms with Gasteiger partial charge in [-0.3, -0.25) is 0 Å². The summed E-state index contributed by atoms with van der Waals surface area (Å²) < 4.78 is 11.0. The number of amides is 2. The predicted molar refractivity (Wildman–Crippen MR) is 102 cm³/mol. The monoisotopic (exact) mass is 374 g/mol. The number of fused-ring (bicyclic) bond motifs is 1. The summed E-state index contributed by atoms with van der Waals surface area (Å²) in [6.07, 6.45) is 2.21. The van der Waals surface area contributed by atoms with E-state index in [1.165, 1.54) is 0 Å². The molecule has 2 saturated heterocycles. The lowest BCUT2D eigenvalue weighted by atomic mass is 9.84. The summed E-state index contributed by atoms with van der Waals surface area (Å²) in [4.78, 5) is 28.6. The summed E-state index contributed by atoms with van der Waals surface area (Å²) >= 11 is 0. The SMILES string of the molecule is CC(C)(C)OC(=O)N1CCC2C(CCCN2C(=O)OCc2ccccc2)C1. The van der Waals surface area contributed by atoms with E-state index in [1.807, 2.05) is 56.0 Å². The van der Waals surface area contributed by atoms with Crippen LogP contribution in [-0.2, 0) is 16.1 Å². The van der Waals surface area contributed by atoms with Gasteiger partial charge in [-0.2, -0.15) is 0 Å². The predicted octanol–water partition coefficient (Wildman–Crippen LogP) is 4.04. The number of hydrogen-bond acceptors (Lipinski definition) is 4. The summed E-state index contributed by atoms with van der Waals surface area (Å²) in [5, 5.41) is 0. The first-order chi connectivity index (χ1) is 12.8. The van der Waals surface area contributed by atoms with Crippen molar-refractivity contribution in [2.24, 2.45) is 5.92 Å². The van der Waals surface area contributed by atoms with E-state index in [-0.39, 0.29) is 30.8 Å². The fourth-order valence-electron chi connectivity index (χ4n) is 3.92. The third-order valence-electron chi connectivity index (χ3n) is 5.16. The van der Waals surface area contributed by atoms with Crippen molar-refractivity contribution >= 4 is 12.2 Å². The van der Waals surface area contributed by atoms with Crippen LogP contribution in [0.25, 0.3) is 0 Å². The minimum atomic E-state index is -0.492. The van der Waals surface area contributed by atoms with E-state index >= 15 is 0 Å². The van der Waals surface area contributed by atoms with Gasteiger partial charge < -0.3 is 19.3 Å². The van der Waals surface area contributed by atoms with Gasteiger partial charge in [0.25, 0.3) is 0 Å². The Morgan fingerprint density at radius 3 is 2.52 bits per heavy atom. The lowest BCUT2D eigenvalue weighted by Crippen LogP contribution is -2.57. The molecule has 0 aromatic heterocycles. The minimum Gasteiger partial charge on any atom is -0.445 e. The van der Waals surface area contributed by atoms with Gasteiger partial charge >= 0.3 is 12.2 Å². The normalized spacial score (nSPS) is 22.8. The molecular weight excluding hydrogens is 344 g/mol. The van der Waals surface area contributed by atoms with Crippen molar-refractivity contribution in [2.75, 3.05) is 19.6 Å². The zero-order valence-electron chi connectivity index (χ0n) is 16.5. The van der Waals surface area contributed by atoms with Crippen LogP contribution in [0, 0.1) is 5.92 Å². The third-order valence-corrected chi connectivity index (χ3v) is 5.16. The Morgan fingerprint density at radius 1 is 1.07 bits per heavy atom. The van der Waals surface area contributed by atoms with Gasteiger partial charge in [0.05, 0.1) is 0 Å². The Morgan fingerprint density at radius 2 is 1.81 bits per heavy atom. The fraction of sp³-hybridized carbons (Fsp3) is 0.619.